The molecule has 1 N–H and O–H groups in total. The lowest BCUT2D eigenvalue weighted by molar-refractivity contribution is 0.0991. The minimum atomic E-state index is -0.458. The number of halogens is 2. The monoisotopic (exact) mass is 456 g/mol. The summed E-state index contributed by atoms with van der Waals surface area (Å²) in [5.74, 6) is 0.916. The predicted octanol–water partition coefficient (Wildman–Crippen LogP) is 5.37. The average Bonchev–Trinajstić information content (AvgIpc) is 3.37. The summed E-state index contributed by atoms with van der Waals surface area (Å²) in [5.41, 5.74) is 1.89. The molecule has 9 heteroatoms. The third kappa shape index (κ3) is 5.25. The summed E-state index contributed by atoms with van der Waals surface area (Å²) in [5, 5.41) is 8.03. The van der Waals surface area contributed by atoms with Crippen LogP contribution in [-0.4, -0.2) is 20.7 Å². The van der Waals surface area contributed by atoms with Gasteiger partial charge in [0.25, 0.3) is 5.91 Å². The van der Waals surface area contributed by atoms with Crippen LogP contribution in [0.5, 0.6) is 5.75 Å². The number of rotatable bonds is 7. The zero-order valence-corrected chi connectivity index (χ0v) is 18.0. The van der Waals surface area contributed by atoms with E-state index in [-0.39, 0.29) is 18.3 Å². The summed E-state index contributed by atoms with van der Waals surface area (Å²) in [6.45, 7) is 2.53. The number of aryl methyl sites for hydroxylation is 1. The molecule has 0 radical (unpaired) electrons. The molecule has 0 saturated carbocycles. The molecule has 2 heterocycles. The van der Waals surface area contributed by atoms with E-state index in [2.05, 4.69) is 15.4 Å². The van der Waals surface area contributed by atoms with E-state index in [0.717, 1.165) is 11.1 Å². The van der Waals surface area contributed by atoms with Gasteiger partial charge in [-0.15, -0.1) is 5.10 Å². The molecule has 7 nitrogen and oxygen atoms in total. The van der Waals surface area contributed by atoms with Gasteiger partial charge in [0.05, 0.1) is 11.6 Å². The molecule has 158 valence electrons. The summed E-state index contributed by atoms with van der Waals surface area (Å²) in [7, 11) is 0. The minimum absolute atomic E-state index is 0.126. The van der Waals surface area contributed by atoms with Crippen LogP contribution in [0.1, 0.15) is 27.4 Å². The Morgan fingerprint density at radius 1 is 1.16 bits per heavy atom. The van der Waals surface area contributed by atoms with Crippen LogP contribution in [0.4, 0.5) is 5.95 Å². The second-order valence-electron chi connectivity index (χ2n) is 6.79. The first kappa shape index (κ1) is 21.0. The number of ether oxygens (including phenoxy) is 1. The van der Waals surface area contributed by atoms with Crippen molar-refractivity contribution in [1.82, 2.24) is 14.8 Å². The van der Waals surface area contributed by atoms with E-state index >= 15 is 0 Å². The molecule has 0 atom stereocenters. The molecule has 2 aromatic heterocycles. The van der Waals surface area contributed by atoms with Crippen molar-refractivity contribution in [2.45, 2.75) is 20.1 Å². The normalized spacial score (nSPS) is 10.8. The molecular formula is C22H18Cl2N4O3. The summed E-state index contributed by atoms with van der Waals surface area (Å²) in [6, 6.07) is 16.2. The molecule has 1 amide bonds. The molecular weight excluding hydrogens is 439 g/mol. The number of amides is 1. The Morgan fingerprint density at radius 3 is 2.81 bits per heavy atom. The lowest BCUT2D eigenvalue weighted by atomic mass is 10.2. The number of hydrogen-bond acceptors (Lipinski definition) is 5. The Labute approximate surface area is 188 Å². The van der Waals surface area contributed by atoms with Gasteiger partial charge in [0.2, 0.25) is 5.95 Å². The molecule has 0 aliphatic rings. The van der Waals surface area contributed by atoms with E-state index in [4.69, 9.17) is 32.4 Å². The van der Waals surface area contributed by atoms with Crippen molar-refractivity contribution in [3.05, 3.63) is 93.6 Å². The maximum absolute atomic E-state index is 12.4. The van der Waals surface area contributed by atoms with E-state index < -0.39 is 5.91 Å². The minimum Gasteiger partial charge on any atom is -0.484 e. The van der Waals surface area contributed by atoms with Crippen molar-refractivity contribution >= 4 is 35.1 Å². The number of aromatic nitrogens is 3. The van der Waals surface area contributed by atoms with Crippen molar-refractivity contribution < 1.29 is 13.9 Å². The van der Waals surface area contributed by atoms with Crippen LogP contribution in [0, 0.1) is 6.92 Å². The summed E-state index contributed by atoms with van der Waals surface area (Å²) in [4.78, 5) is 16.6. The molecule has 4 aromatic rings. The van der Waals surface area contributed by atoms with Gasteiger partial charge in [-0.05, 0) is 48.4 Å². The molecule has 31 heavy (non-hydrogen) atoms. The average molecular weight is 457 g/mol. The fourth-order valence-corrected chi connectivity index (χ4v) is 3.42. The van der Waals surface area contributed by atoms with E-state index in [1.165, 1.54) is 6.33 Å². The molecule has 0 fully saturated rings. The van der Waals surface area contributed by atoms with E-state index in [1.54, 1.807) is 28.9 Å². The van der Waals surface area contributed by atoms with E-state index in [9.17, 15) is 4.79 Å². The van der Waals surface area contributed by atoms with Crippen molar-refractivity contribution in [1.29, 1.82) is 0 Å². The van der Waals surface area contributed by atoms with Crippen LogP contribution in [-0.2, 0) is 13.2 Å². The molecule has 0 bridgehead atoms. The van der Waals surface area contributed by atoms with E-state index in [0.29, 0.717) is 28.1 Å². The van der Waals surface area contributed by atoms with Crippen molar-refractivity contribution in [2.24, 2.45) is 0 Å². The smallest absolute Gasteiger partial charge is 0.293 e. The SMILES string of the molecule is Cc1cccc(Cl)c1OCc1ccc(C(=O)Nc2ncn(Cc3cccc(Cl)c3)n2)o1. The number of carbonyl (C=O) groups is 1. The Morgan fingerprint density at radius 2 is 2.00 bits per heavy atom. The van der Waals surface area contributed by atoms with Crippen LogP contribution in [0.15, 0.2) is 65.3 Å². The number of furan rings is 1. The number of anilines is 1. The van der Waals surface area contributed by atoms with Gasteiger partial charge in [0.15, 0.2) is 5.76 Å². The van der Waals surface area contributed by atoms with Crippen LogP contribution < -0.4 is 10.1 Å². The standard InChI is InChI=1S/C22H18Cl2N4O3/c1-14-4-2-7-18(24)20(14)30-12-17-8-9-19(31-17)21(29)26-22-25-13-28(27-22)11-15-5-3-6-16(23)10-15/h2-10,13H,11-12H2,1H3,(H,26,27,29). The van der Waals surface area contributed by atoms with Gasteiger partial charge in [-0.2, -0.15) is 0 Å². The van der Waals surface area contributed by atoms with Crippen LogP contribution in [0.25, 0.3) is 0 Å². The van der Waals surface area contributed by atoms with Crippen molar-refractivity contribution in [3.8, 4) is 5.75 Å². The molecule has 0 saturated heterocycles. The van der Waals surface area contributed by atoms with Gasteiger partial charge in [-0.1, -0.05) is 47.5 Å². The third-order valence-corrected chi connectivity index (χ3v) is 4.94. The van der Waals surface area contributed by atoms with E-state index in [1.807, 2.05) is 37.3 Å². The zero-order valence-electron chi connectivity index (χ0n) is 16.5. The lowest BCUT2D eigenvalue weighted by Crippen LogP contribution is -2.12. The fourth-order valence-electron chi connectivity index (χ4n) is 2.93. The number of nitrogens with one attached hydrogen (secondary N) is 1. The Kier molecular flexibility index (Phi) is 6.25. The Balaban J connectivity index is 1.35. The number of benzene rings is 2. The highest BCUT2D eigenvalue weighted by Gasteiger charge is 2.15. The molecule has 0 unspecified atom stereocenters. The first-order valence-corrected chi connectivity index (χ1v) is 10.2. The predicted molar refractivity (Wildman–Crippen MR) is 118 cm³/mol. The molecule has 0 aliphatic carbocycles. The molecule has 0 aliphatic heterocycles. The van der Waals surface area contributed by atoms with Gasteiger partial charge < -0.3 is 9.15 Å². The van der Waals surface area contributed by atoms with Crippen LogP contribution in [0.2, 0.25) is 10.0 Å². The van der Waals surface area contributed by atoms with Crippen LogP contribution >= 0.6 is 23.2 Å². The maximum Gasteiger partial charge on any atom is 0.293 e. The molecule has 4 rings (SSSR count). The van der Waals surface area contributed by atoms with Gasteiger partial charge in [-0.3, -0.25) is 10.1 Å². The first-order valence-electron chi connectivity index (χ1n) is 9.40. The zero-order chi connectivity index (χ0) is 21.8. The summed E-state index contributed by atoms with van der Waals surface area (Å²) in [6.07, 6.45) is 1.53. The maximum atomic E-state index is 12.4. The Hall–Kier alpha value is -3.29. The topological polar surface area (TPSA) is 82.2 Å². The van der Waals surface area contributed by atoms with Gasteiger partial charge in [0, 0.05) is 5.02 Å². The lowest BCUT2D eigenvalue weighted by Gasteiger charge is -2.09. The largest absolute Gasteiger partial charge is 0.484 e. The fraction of sp³-hybridized carbons (Fsp3) is 0.136. The van der Waals surface area contributed by atoms with Gasteiger partial charge in [0.1, 0.15) is 24.4 Å². The number of para-hydroxylation sites is 1. The number of hydrogen-bond donors (Lipinski definition) is 1. The third-order valence-electron chi connectivity index (χ3n) is 4.40. The highest BCUT2D eigenvalue weighted by Crippen LogP contribution is 2.28. The molecule has 2 aromatic carbocycles. The quantitative estimate of drug-likeness (QED) is 0.404. The van der Waals surface area contributed by atoms with Crippen molar-refractivity contribution in [2.75, 3.05) is 5.32 Å². The van der Waals surface area contributed by atoms with Crippen molar-refractivity contribution in [3.63, 3.8) is 0 Å². The second kappa shape index (κ2) is 9.24. The second-order valence-corrected chi connectivity index (χ2v) is 7.63. The molecule has 0 spiro atoms. The summed E-state index contributed by atoms with van der Waals surface area (Å²) < 4.78 is 12.9. The highest BCUT2D eigenvalue weighted by atomic mass is 35.5. The van der Waals surface area contributed by atoms with Crippen LogP contribution in [0.3, 0.4) is 0 Å². The Bertz CT molecular complexity index is 1200. The highest BCUT2D eigenvalue weighted by molar-refractivity contribution is 6.32. The summed E-state index contributed by atoms with van der Waals surface area (Å²) >= 11 is 12.2. The van der Waals surface area contributed by atoms with Gasteiger partial charge >= 0.3 is 0 Å². The van der Waals surface area contributed by atoms with Gasteiger partial charge in [-0.25, -0.2) is 9.67 Å². The number of carbonyl (C=O) groups excluding carboxylic acids is 1. The number of nitrogens with zero attached hydrogens (tertiary/aromatic N) is 3. The first-order chi connectivity index (χ1) is 15.0.